The average molecular weight is 290 g/mol. The van der Waals surface area contributed by atoms with Crippen molar-refractivity contribution in [3.05, 3.63) is 28.5 Å². The van der Waals surface area contributed by atoms with Gasteiger partial charge in [-0.1, -0.05) is 0 Å². The van der Waals surface area contributed by atoms with Gasteiger partial charge >= 0.3 is 5.97 Å². The topological polar surface area (TPSA) is 49.3 Å². The number of carbonyl (C=O) groups is 1. The highest BCUT2D eigenvalue weighted by molar-refractivity contribution is 9.10. The fourth-order valence-electron chi connectivity index (χ4n) is 1.24. The quantitative estimate of drug-likeness (QED) is 0.791. The minimum absolute atomic E-state index is 0.189. The standard InChI is InChI=1S/C11H13BrFNO2/c12-9-7-8(4-5-10(9)13)14-6-2-1-3-11(15)16/h4-5,7,14H,1-3,6H2,(H,15,16). The van der Waals surface area contributed by atoms with Gasteiger partial charge in [0.25, 0.3) is 0 Å². The molecule has 0 aliphatic rings. The second kappa shape index (κ2) is 6.48. The van der Waals surface area contributed by atoms with Gasteiger partial charge in [0.1, 0.15) is 5.82 Å². The Balaban J connectivity index is 2.27. The van der Waals surface area contributed by atoms with Gasteiger partial charge < -0.3 is 10.4 Å². The Hall–Kier alpha value is -1.10. The zero-order valence-electron chi connectivity index (χ0n) is 8.67. The molecule has 0 radical (unpaired) electrons. The maximum absolute atomic E-state index is 12.9. The van der Waals surface area contributed by atoms with E-state index < -0.39 is 5.97 Å². The summed E-state index contributed by atoms with van der Waals surface area (Å²) in [6, 6.07) is 4.69. The number of hydrogen-bond donors (Lipinski definition) is 2. The van der Waals surface area contributed by atoms with Gasteiger partial charge in [0.2, 0.25) is 0 Å². The van der Waals surface area contributed by atoms with Gasteiger partial charge in [-0.25, -0.2) is 4.39 Å². The van der Waals surface area contributed by atoms with Crippen LogP contribution in [-0.4, -0.2) is 17.6 Å². The molecule has 0 bridgehead atoms. The smallest absolute Gasteiger partial charge is 0.303 e. The molecule has 0 fully saturated rings. The maximum atomic E-state index is 12.9. The highest BCUT2D eigenvalue weighted by Gasteiger charge is 2.00. The molecule has 0 heterocycles. The second-order valence-corrected chi connectivity index (χ2v) is 4.26. The Labute approximate surface area is 102 Å². The van der Waals surface area contributed by atoms with Gasteiger partial charge in [0, 0.05) is 18.7 Å². The van der Waals surface area contributed by atoms with Crippen molar-refractivity contribution in [3.63, 3.8) is 0 Å². The van der Waals surface area contributed by atoms with Crippen LogP contribution in [-0.2, 0) is 4.79 Å². The third kappa shape index (κ3) is 4.61. The van der Waals surface area contributed by atoms with Crippen molar-refractivity contribution in [2.45, 2.75) is 19.3 Å². The van der Waals surface area contributed by atoms with E-state index in [2.05, 4.69) is 21.2 Å². The first-order chi connectivity index (χ1) is 7.59. The summed E-state index contributed by atoms with van der Waals surface area (Å²) in [4.78, 5) is 10.2. The number of nitrogens with one attached hydrogen (secondary N) is 1. The molecule has 0 aromatic heterocycles. The molecule has 1 aromatic carbocycles. The Morgan fingerprint density at radius 3 is 2.81 bits per heavy atom. The van der Waals surface area contributed by atoms with Crippen molar-refractivity contribution in [3.8, 4) is 0 Å². The summed E-state index contributed by atoms with van der Waals surface area (Å²) in [5.74, 6) is -1.07. The zero-order chi connectivity index (χ0) is 12.0. The van der Waals surface area contributed by atoms with E-state index in [1.807, 2.05) is 0 Å². The van der Waals surface area contributed by atoms with Crippen molar-refractivity contribution in [1.82, 2.24) is 0 Å². The molecular formula is C11H13BrFNO2. The Kier molecular flexibility index (Phi) is 5.25. The van der Waals surface area contributed by atoms with Crippen LogP contribution >= 0.6 is 15.9 Å². The highest BCUT2D eigenvalue weighted by Crippen LogP contribution is 2.19. The Bertz CT molecular complexity index is 371. The summed E-state index contributed by atoms with van der Waals surface area (Å²) in [7, 11) is 0. The first kappa shape index (κ1) is 13.0. The molecule has 0 aliphatic heterocycles. The lowest BCUT2D eigenvalue weighted by Gasteiger charge is -2.06. The third-order valence-electron chi connectivity index (χ3n) is 2.07. The average Bonchev–Trinajstić information content (AvgIpc) is 2.22. The van der Waals surface area contributed by atoms with Crippen LogP contribution in [0.15, 0.2) is 22.7 Å². The summed E-state index contributed by atoms with van der Waals surface area (Å²) < 4.78 is 13.3. The number of halogens is 2. The van der Waals surface area contributed by atoms with Crippen LogP contribution in [0.4, 0.5) is 10.1 Å². The normalized spacial score (nSPS) is 10.1. The molecule has 5 heteroatoms. The molecule has 3 nitrogen and oxygen atoms in total. The van der Waals surface area contributed by atoms with Gasteiger partial charge in [-0.05, 0) is 47.0 Å². The van der Waals surface area contributed by atoms with E-state index in [4.69, 9.17) is 5.11 Å². The molecule has 2 N–H and O–H groups in total. The highest BCUT2D eigenvalue weighted by atomic mass is 79.9. The van der Waals surface area contributed by atoms with E-state index in [-0.39, 0.29) is 12.2 Å². The van der Waals surface area contributed by atoms with Crippen LogP contribution in [0.1, 0.15) is 19.3 Å². The molecule has 0 unspecified atom stereocenters. The lowest BCUT2D eigenvalue weighted by molar-refractivity contribution is -0.137. The van der Waals surface area contributed by atoms with Crippen LogP contribution in [0, 0.1) is 5.82 Å². The van der Waals surface area contributed by atoms with Gasteiger partial charge in [-0.15, -0.1) is 0 Å². The van der Waals surface area contributed by atoms with E-state index >= 15 is 0 Å². The van der Waals surface area contributed by atoms with Crippen molar-refractivity contribution >= 4 is 27.6 Å². The SMILES string of the molecule is O=C(O)CCCCNc1ccc(F)c(Br)c1. The molecule has 0 amide bonds. The molecule has 16 heavy (non-hydrogen) atoms. The number of aliphatic carboxylic acids is 1. The predicted molar refractivity (Wildman–Crippen MR) is 64.1 cm³/mol. The number of benzene rings is 1. The van der Waals surface area contributed by atoms with Gasteiger partial charge in [0.15, 0.2) is 0 Å². The number of anilines is 1. The molecule has 0 saturated carbocycles. The van der Waals surface area contributed by atoms with Crippen molar-refractivity contribution in [1.29, 1.82) is 0 Å². The summed E-state index contributed by atoms with van der Waals surface area (Å²) in [5.41, 5.74) is 0.823. The van der Waals surface area contributed by atoms with Crippen molar-refractivity contribution < 1.29 is 14.3 Å². The molecule has 0 saturated heterocycles. The van der Waals surface area contributed by atoms with Crippen LogP contribution in [0.3, 0.4) is 0 Å². The van der Waals surface area contributed by atoms with E-state index in [0.717, 1.165) is 12.1 Å². The number of carboxylic acid groups (broad SMARTS) is 1. The summed E-state index contributed by atoms with van der Waals surface area (Å²) in [6.45, 7) is 0.686. The number of unbranched alkanes of at least 4 members (excludes halogenated alkanes) is 1. The summed E-state index contributed by atoms with van der Waals surface area (Å²) >= 11 is 3.10. The molecule has 88 valence electrons. The van der Waals surface area contributed by atoms with Crippen LogP contribution in [0.2, 0.25) is 0 Å². The fraction of sp³-hybridized carbons (Fsp3) is 0.364. The van der Waals surface area contributed by atoms with Crippen molar-refractivity contribution in [2.24, 2.45) is 0 Å². The number of hydrogen-bond acceptors (Lipinski definition) is 2. The van der Waals surface area contributed by atoms with Crippen LogP contribution in [0.5, 0.6) is 0 Å². The Morgan fingerprint density at radius 1 is 1.44 bits per heavy atom. The van der Waals surface area contributed by atoms with Gasteiger partial charge in [0.05, 0.1) is 4.47 Å². The first-order valence-corrected chi connectivity index (χ1v) is 5.79. The van der Waals surface area contributed by atoms with Crippen LogP contribution in [0.25, 0.3) is 0 Å². The van der Waals surface area contributed by atoms with Gasteiger partial charge in [-0.2, -0.15) is 0 Å². The predicted octanol–water partition coefficient (Wildman–Crippen LogP) is 3.26. The van der Waals surface area contributed by atoms with E-state index in [9.17, 15) is 9.18 Å². The number of carboxylic acids is 1. The molecule has 0 atom stereocenters. The molecule has 1 aromatic rings. The van der Waals surface area contributed by atoms with E-state index in [1.54, 1.807) is 12.1 Å². The number of rotatable bonds is 6. The summed E-state index contributed by atoms with van der Waals surface area (Å²) in [6.07, 6.45) is 1.61. The molecule has 0 aliphatic carbocycles. The minimum Gasteiger partial charge on any atom is -0.481 e. The second-order valence-electron chi connectivity index (χ2n) is 3.41. The third-order valence-corrected chi connectivity index (χ3v) is 2.67. The van der Waals surface area contributed by atoms with Gasteiger partial charge in [-0.3, -0.25) is 4.79 Å². The zero-order valence-corrected chi connectivity index (χ0v) is 10.3. The Morgan fingerprint density at radius 2 is 2.19 bits per heavy atom. The fourth-order valence-corrected chi connectivity index (χ4v) is 1.62. The van der Waals surface area contributed by atoms with Crippen molar-refractivity contribution in [2.75, 3.05) is 11.9 Å². The lowest BCUT2D eigenvalue weighted by atomic mass is 10.2. The lowest BCUT2D eigenvalue weighted by Crippen LogP contribution is -2.03. The molecule has 0 spiro atoms. The minimum atomic E-state index is -0.774. The summed E-state index contributed by atoms with van der Waals surface area (Å²) in [5, 5.41) is 11.5. The van der Waals surface area contributed by atoms with Crippen LogP contribution < -0.4 is 5.32 Å². The monoisotopic (exact) mass is 289 g/mol. The molecular weight excluding hydrogens is 277 g/mol. The first-order valence-electron chi connectivity index (χ1n) is 5.00. The largest absolute Gasteiger partial charge is 0.481 e. The molecule has 1 rings (SSSR count). The van der Waals surface area contributed by atoms with E-state index in [0.29, 0.717) is 17.4 Å². The van der Waals surface area contributed by atoms with E-state index in [1.165, 1.54) is 6.07 Å². The maximum Gasteiger partial charge on any atom is 0.303 e.